The van der Waals surface area contributed by atoms with Gasteiger partial charge in [-0.1, -0.05) is 25.5 Å². The molecule has 1 saturated heterocycles. The van der Waals surface area contributed by atoms with Crippen LogP contribution in [0.5, 0.6) is 0 Å². The van der Waals surface area contributed by atoms with Gasteiger partial charge in [-0.15, -0.1) is 0 Å². The minimum atomic E-state index is 0.0918. The molecule has 22 heavy (non-hydrogen) atoms. The third kappa shape index (κ3) is 2.69. The largest absolute Gasteiger partial charge is 0.340 e. The molecule has 2 aliphatic rings. The SMILES string of the molecule is CC(C)=C[C@@H]1[C@@H](C(=O)N2CCC[C@@H](n3cncn3)C2)C1(C)C. The zero-order valence-corrected chi connectivity index (χ0v) is 14.0. The van der Waals surface area contributed by atoms with Crippen LogP contribution in [0.25, 0.3) is 0 Å². The highest BCUT2D eigenvalue weighted by atomic mass is 16.2. The first-order valence-corrected chi connectivity index (χ1v) is 8.19. The van der Waals surface area contributed by atoms with Gasteiger partial charge in [-0.25, -0.2) is 9.67 Å². The molecule has 5 nitrogen and oxygen atoms in total. The van der Waals surface area contributed by atoms with Crippen LogP contribution in [-0.2, 0) is 4.79 Å². The van der Waals surface area contributed by atoms with E-state index in [-0.39, 0.29) is 17.4 Å². The maximum absolute atomic E-state index is 12.9. The van der Waals surface area contributed by atoms with Gasteiger partial charge in [0.25, 0.3) is 0 Å². The molecule has 0 aromatic carbocycles. The number of amides is 1. The second-order valence-corrected chi connectivity index (χ2v) is 7.52. The summed E-state index contributed by atoms with van der Waals surface area (Å²) in [6, 6.07) is 0.268. The van der Waals surface area contributed by atoms with E-state index in [0.717, 1.165) is 25.9 Å². The highest BCUT2D eigenvalue weighted by molar-refractivity contribution is 5.84. The van der Waals surface area contributed by atoms with E-state index in [1.807, 2.05) is 9.58 Å². The molecule has 5 heteroatoms. The van der Waals surface area contributed by atoms with Crippen LogP contribution in [0, 0.1) is 17.3 Å². The number of rotatable bonds is 3. The van der Waals surface area contributed by atoms with E-state index in [1.54, 1.807) is 12.7 Å². The lowest BCUT2D eigenvalue weighted by Gasteiger charge is -2.33. The second kappa shape index (κ2) is 5.52. The van der Waals surface area contributed by atoms with Crippen LogP contribution in [-0.4, -0.2) is 38.7 Å². The Bertz CT molecular complexity index is 571. The molecule has 120 valence electrons. The standard InChI is InChI=1S/C17H26N4O/c1-12(2)8-14-15(17(14,3)4)16(22)20-7-5-6-13(9-20)21-11-18-10-19-21/h8,10-11,13-15H,5-7,9H2,1-4H3/t13-,14-,15+/m1/s1. The summed E-state index contributed by atoms with van der Waals surface area (Å²) in [6.45, 7) is 10.3. The average Bonchev–Trinajstić information content (AvgIpc) is 2.87. The third-order valence-electron chi connectivity index (χ3n) is 5.21. The lowest BCUT2D eigenvalue weighted by Crippen LogP contribution is -2.42. The maximum Gasteiger partial charge on any atom is 0.226 e. The summed E-state index contributed by atoms with van der Waals surface area (Å²) in [5, 5.41) is 4.24. The Labute approximate surface area is 132 Å². The molecule has 0 spiro atoms. The van der Waals surface area contributed by atoms with E-state index in [4.69, 9.17) is 0 Å². The summed E-state index contributed by atoms with van der Waals surface area (Å²) in [5.41, 5.74) is 1.39. The van der Waals surface area contributed by atoms with Gasteiger partial charge in [0, 0.05) is 13.1 Å². The van der Waals surface area contributed by atoms with E-state index >= 15 is 0 Å². The molecule has 1 aliphatic carbocycles. The fourth-order valence-corrected chi connectivity index (χ4v) is 3.79. The summed E-state index contributed by atoms with van der Waals surface area (Å²) in [5.74, 6) is 0.839. The van der Waals surface area contributed by atoms with Gasteiger partial charge < -0.3 is 4.90 Å². The monoisotopic (exact) mass is 302 g/mol. The molecule has 1 amide bonds. The van der Waals surface area contributed by atoms with Crippen LogP contribution in [0.2, 0.25) is 0 Å². The minimum absolute atomic E-state index is 0.0918. The Morgan fingerprint density at radius 1 is 1.36 bits per heavy atom. The van der Waals surface area contributed by atoms with E-state index < -0.39 is 0 Å². The molecule has 2 heterocycles. The fourth-order valence-electron chi connectivity index (χ4n) is 3.79. The van der Waals surface area contributed by atoms with Gasteiger partial charge in [-0.2, -0.15) is 5.10 Å². The van der Waals surface area contributed by atoms with E-state index in [2.05, 4.69) is 43.9 Å². The first kappa shape index (κ1) is 15.3. The van der Waals surface area contributed by atoms with Crippen molar-refractivity contribution >= 4 is 5.91 Å². The van der Waals surface area contributed by atoms with Crippen molar-refractivity contribution in [3.63, 3.8) is 0 Å². The number of allylic oxidation sites excluding steroid dienone is 2. The van der Waals surface area contributed by atoms with Crippen LogP contribution < -0.4 is 0 Å². The summed E-state index contributed by atoms with van der Waals surface area (Å²) in [7, 11) is 0. The van der Waals surface area contributed by atoms with E-state index in [9.17, 15) is 4.79 Å². The van der Waals surface area contributed by atoms with Gasteiger partial charge in [-0.3, -0.25) is 4.79 Å². The molecule has 0 radical (unpaired) electrons. The molecule has 3 rings (SSSR count). The van der Waals surface area contributed by atoms with Crippen molar-refractivity contribution in [3.8, 4) is 0 Å². The smallest absolute Gasteiger partial charge is 0.226 e. The minimum Gasteiger partial charge on any atom is -0.340 e. The number of aromatic nitrogens is 3. The lowest BCUT2D eigenvalue weighted by molar-refractivity contribution is -0.135. The van der Waals surface area contributed by atoms with Crippen LogP contribution in [0.3, 0.4) is 0 Å². The Morgan fingerprint density at radius 3 is 2.77 bits per heavy atom. The van der Waals surface area contributed by atoms with Crippen LogP contribution in [0.15, 0.2) is 24.3 Å². The Kier molecular flexibility index (Phi) is 3.83. The van der Waals surface area contributed by atoms with Crippen molar-refractivity contribution in [1.82, 2.24) is 19.7 Å². The number of likely N-dealkylation sites (tertiary alicyclic amines) is 1. The normalized spacial score (nSPS) is 30.0. The molecule has 0 bridgehead atoms. The van der Waals surface area contributed by atoms with Gasteiger partial charge in [0.05, 0.1) is 12.0 Å². The topological polar surface area (TPSA) is 51.0 Å². The van der Waals surface area contributed by atoms with Crippen molar-refractivity contribution in [3.05, 3.63) is 24.3 Å². The Balaban J connectivity index is 1.69. The number of hydrogen-bond acceptors (Lipinski definition) is 3. The maximum atomic E-state index is 12.9. The van der Waals surface area contributed by atoms with Gasteiger partial charge in [0.1, 0.15) is 12.7 Å². The number of nitrogens with zero attached hydrogens (tertiary/aromatic N) is 4. The zero-order chi connectivity index (χ0) is 15.9. The highest BCUT2D eigenvalue weighted by Gasteiger charge is 2.61. The van der Waals surface area contributed by atoms with Crippen LogP contribution >= 0.6 is 0 Å². The first-order chi connectivity index (χ1) is 10.4. The van der Waals surface area contributed by atoms with Crippen molar-refractivity contribution < 1.29 is 4.79 Å². The quantitative estimate of drug-likeness (QED) is 0.807. The molecule has 0 N–H and O–H groups in total. The Morgan fingerprint density at radius 2 is 2.14 bits per heavy atom. The van der Waals surface area contributed by atoms with Crippen molar-refractivity contribution in [2.24, 2.45) is 17.3 Å². The first-order valence-electron chi connectivity index (χ1n) is 8.19. The van der Waals surface area contributed by atoms with Crippen molar-refractivity contribution in [2.75, 3.05) is 13.1 Å². The molecule has 0 unspecified atom stereocenters. The second-order valence-electron chi connectivity index (χ2n) is 7.52. The zero-order valence-electron chi connectivity index (χ0n) is 14.0. The van der Waals surface area contributed by atoms with Gasteiger partial charge in [0.15, 0.2) is 0 Å². The molecule has 2 fully saturated rings. The summed E-state index contributed by atoms with van der Waals surface area (Å²) in [6.07, 6.45) is 7.69. The van der Waals surface area contributed by atoms with Gasteiger partial charge in [-0.05, 0) is 38.0 Å². The Hall–Kier alpha value is -1.65. The number of carbonyl (C=O) groups is 1. The van der Waals surface area contributed by atoms with Crippen molar-refractivity contribution in [2.45, 2.75) is 46.6 Å². The number of hydrogen-bond donors (Lipinski definition) is 0. The number of piperidine rings is 1. The summed E-state index contributed by atoms with van der Waals surface area (Å²) >= 11 is 0. The summed E-state index contributed by atoms with van der Waals surface area (Å²) in [4.78, 5) is 19.0. The van der Waals surface area contributed by atoms with Gasteiger partial charge in [0.2, 0.25) is 5.91 Å². The predicted molar refractivity (Wildman–Crippen MR) is 85.1 cm³/mol. The summed E-state index contributed by atoms with van der Waals surface area (Å²) < 4.78 is 1.89. The van der Waals surface area contributed by atoms with E-state index in [0.29, 0.717) is 11.8 Å². The molecular weight excluding hydrogens is 276 g/mol. The third-order valence-corrected chi connectivity index (χ3v) is 5.21. The average molecular weight is 302 g/mol. The molecule has 1 aliphatic heterocycles. The van der Waals surface area contributed by atoms with Crippen molar-refractivity contribution in [1.29, 1.82) is 0 Å². The molecule has 1 aromatic rings. The number of carbonyl (C=O) groups excluding carboxylic acids is 1. The van der Waals surface area contributed by atoms with E-state index in [1.165, 1.54) is 5.57 Å². The highest BCUT2D eigenvalue weighted by Crippen LogP contribution is 2.60. The van der Waals surface area contributed by atoms with Crippen LogP contribution in [0.1, 0.15) is 46.6 Å². The lowest BCUT2D eigenvalue weighted by atomic mass is 10.0. The fraction of sp³-hybridized carbons (Fsp3) is 0.706. The molecule has 3 atom stereocenters. The molecule has 1 aromatic heterocycles. The predicted octanol–water partition coefficient (Wildman–Crippen LogP) is 2.68. The van der Waals surface area contributed by atoms with Crippen LogP contribution in [0.4, 0.5) is 0 Å². The van der Waals surface area contributed by atoms with Gasteiger partial charge >= 0.3 is 0 Å². The molecular formula is C17H26N4O. The molecule has 1 saturated carbocycles.